The number of hydrogen-bond donors (Lipinski definition) is 0. The Bertz CT molecular complexity index is 2320. The van der Waals surface area contributed by atoms with Crippen LogP contribution in [0, 0.1) is 11.8 Å². The fourth-order valence-corrected chi connectivity index (χ4v) is 32.3. The molecule has 0 aromatic heterocycles. The molecule has 5 heteroatoms. The van der Waals surface area contributed by atoms with Crippen LogP contribution in [0.25, 0.3) is 22.3 Å². The summed E-state index contributed by atoms with van der Waals surface area (Å²) in [6.07, 6.45) is 23.2. The van der Waals surface area contributed by atoms with Crippen LogP contribution in [0.4, 0.5) is 0 Å². The van der Waals surface area contributed by atoms with Gasteiger partial charge in [-0.25, -0.2) is 0 Å². The third-order valence-corrected chi connectivity index (χ3v) is 31.4. The Hall–Kier alpha value is -4.14. The van der Waals surface area contributed by atoms with Gasteiger partial charge in [0.1, 0.15) is 0 Å². The van der Waals surface area contributed by atoms with E-state index in [0.717, 1.165) is 11.5 Å². The Labute approximate surface area is 349 Å². The van der Waals surface area contributed by atoms with E-state index in [-0.39, 0.29) is 23.7 Å². The van der Waals surface area contributed by atoms with Crippen molar-refractivity contribution in [3.63, 3.8) is 0 Å². The number of hydrogen-bond acceptors (Lipinski definition) is 2. The van der Waals surface area contributed by atoms with Crippen LogP contribution in [0.2, 0.25) is 6.25 Å². The van der Waals surface area contributed by atoms with Gasteiger partial charge in [0, 0.05) is 0 Å². The van der Waals surface area contributed by atoms with Gasteiger partial charge in [0.05, 0.1) is 14.2 Å². The molecule has 57 heavy (non-hydrogen) atoms. The molecule has 1 saturated heterocycles. The van der Waals surface area contributed by atoms with Gasteiger partial charge < -0.3 is 9.47 Å². The van der Waals surface area contributed by atoms with E-state index in [9.17, 15) is 0 Å². The number of ether oxygens (including phenoxy) is 2. The van der Waals surface area contributed by atoms with Gasteiger partial charge in [-0.1, -0.05) is 0 Å². The summed E-state index contributed by atoms with van der Waals surface area (Å²) in [5.41, 5.74) is 15.2. The third-order valence-electron chi connectivity index (χ3n) is 14.0. The minimum atomic E-state index is -4.47. The molecular formula is C52H48Cl2O2Zr. The van der Waals surface area contributed by atoms with Crippen LogP contribution in [0.1, 0.15) is 50.7 Å². The molecule has 2 spiro atoms. The molecule has 1 aliphatic heterocycles. The number of fused-ring (bicyclic) bond motifs is 2. The van der Waals surface area contributed by atoms with Gasteiger partial charge in [-0.05, 0) is 0 Å². The zero-order chi connectivity index (χ0) is 39.7. The van der Waals surface area contributed by atoms with Crippen molar-refractivity contribution in [2.45, 2.75) is 45.8 Å². The summed E-state index contributed by atoms with van der Waals surface area (Å²) in [6, 6.07) is 34.6. The molecule has 0 saturated carbocycles. The maximum atomic E-state index is 8.53. The first kappa shape index (κ1) is 38.4. The second kappa shape index (κ2) is 14.6. The zero-order valence-electron chi connectivity index (χ0n) is 33.4. The fraction of sp³-hybridized carbons (Fsp3) is 0.231. The molecule has 5 aliphatic rings. The Kier molecular flexibility index (Phi) is 9.83. The molecule has 1 heterocycles. The fourth-order valence-electron chi connectivity index (χ4n) is 11.2. The number of rotatable bonds is 6. The van der Waals surface area contributed by atoms with Gasteiger partial charge in [-0.15, -0.1) is 0 Å². The summed E-state index contributed by atoms with van der Waals surface area (Å²) < 4.78 is 9.97. The molecule has 286 valence electrons. The van der Waals surface area contributed by atoms with Crippen LogP contribution in [-0.4, -0.2) is 14.2 Å². The predicted molar refractivity (Wildman–Crippen MR) is 236 cm³/mol. The molecule has 1 fully saturated rings. The molecule has 4 aliphatic carbocycles. The molecule has 2 nitrogen and oxygen atoms in total. The Morgan fingerprint density at radius 1 is 0.491 bits per heavy atom. The van der Waals surface area contributed by atoms with E-state index in [1.165, 1.54) is 66.8 Å². The van der Waals surface area contributed by atoms with Crippen LogP contribution in [0.3, 0.4) is 0 Å². The first-order valence-electron chi connectivity index (χ1n) is 20.0. The van der Waals surface area contributed by atoms with Gasteiger partial charge >= 0.3 is 329 Å². The maximum absolute atomic E-state index is 8.53. The van der Waals surface area contributed by atoms with Crippen molar-refractivity contribution < 1.29 is 27.4 Å². The van der Waals surface area contributed by atoms with Crippen LogP contribution in [0.5, 0.6) is 11.5 Å². The van der Waals surface area contributed by atoms with E-state index in [0.29, 0.717) is 0 Å². The molecule has 0 amide bonds. The monoisotopic (exact) mass is 864 g/mol. The summed E-state index contributed by atoms with van der Waals surface area (Å²) in [6.45, 7) is 9.51. The second-order valence-electron chi connectivity index (χ2n) is 16.3. The molecule has 9 rings (SSSR count). The van der Waals surface area contributed by atoms with E-state index in [2.05, 4.69) is 161 Å². The van der Waals surface area contributed by atoms with Gasteiger partial charge in [-0.2, -0.15) is 0 Å². The van der Waals surface area contributed by atoms with Crippen LogP contribution < -0.4 is 9.47 Å². The summed E-state index contributed by atoms with van der Waals surface area (Å²) in [4.78, 5) is 0. The number of methoxy groups -OCH3 is 2. The number of benzene rings is 4. The van der Waals surface area contributed by atoms with Gasteiger partial charge in [-0.3, -0.25) is 0 Å². The van der Waals surface area contributed by atoms with Crippen molar-refractivity contribution in [1.82, 2.24) is 0 Å². The molecule has 6 unspecified atom stereocenters. The molecule has 4 aromatic carbocycles. The average molecular weight is 867 g/mol. The Morgan fingerprint density at radius 2 is 0.825 bits per heavy atom. The Morgan fingerprint density at radius 3 is 1.16 bits per heavy atom. The molecular weight excluding hydrogens is 819 g/mol. The SMILES string of the molecule is COc1ccc(-c2ccc(C3C=CC=CC4=C3C=C(C)[C]43C(C)C(C)[C]4(C(C)=CC5=C4C=CC=CC5c4ccc(-c5ccc(OC)cc5)cc4)[Zr]3([Cl])[Cl])cc2)cc1. The summed E-state index contributed by atoms with van der Waals surface area (Å²) in [5.74, 6) is 2.36. The van der Waals surface area contributed by atoms with Gasteiger partial charge in [0.15, 0.2) is 0 Å². The van der Waals surface area contributed by atoms with E-state index >= 15 is 0 Å². The molecule has 0 N–H and O–H groups in total. The van der Waals surface area contributed by atoms with Gasteiger partial charge in [0.2, 0.25) is 0 Å². The minimum absolute atomic E-state index is 0.0888. The topological polar surface area (TPSA) is 18.5 Å². The van der Waals surface area contributed by atoms with Crippen molar-refractivity contribution in [2.75, 3.05) is 14.2 Å². The quantitative estimate of drug-likeness (QED) is 0.192. The summed E-state index contributed by atoms with van der Waals surface area (Å²) in [7, 11) is 20.5. The predicted octanol–water partition coefficient (Wildman–Crippen LogP) is 14.7. The van der Waals surface area contributed by atoms with Crippen LogP contribution >= 0.6 is 17.0 Å². The summed E-state index contributed by atoms with van der Waals surface area (Å²) in [5, 5.41) is 0. The first-order chi connectivity index (χ1) is 27.6. The van der Waals surface area contributed by atoms with E-state index in [1.807, 2.05) is 24.3 Å². The van der Waals surface area contributed by atoms with Crippen molar-refractivity contribution in [1.29, 1.82) is 0 Å². The number of halogens is 2. The van der Waals surface area contributed by atoms with Crippen molar-refractivity contribution in [3.8, 4) is 33.8 Å². The van der Waals surface area contributed by atoms with Gasteiger partial charge in [0.25, 0.3) is 0 Å². The third kappa shape index (κ3) is 5.59. The Balaban J connectivity index is 1.11. The average Bonchev–Trinajstić information content (AvgIpc) is 3.55. The first-order valence-corrected chi connectivity index (χ1v) is 28.8. The van der Waals surface area contributed by atoms with E-state index in [1.54, 1.807) is 14.2 Å². The van der Waals surface area contributed by atoms with E-state index in [4.69, 9.17) is 26.5 Å². The van der Waals surface area contributed by atoms with E-state index < -0.39 is 24.1 Å². The zero-order valence-corrected chi connectivity index (χ0v) is 37.4. The van der Waals surface area contributed by atoms with Crippen molar-refractivity contribution >= 4 is 17.0 Å². The number of allylic oxidation sites excluding steroid dienone is 16. The standard InChI is InChI=1S/C52H48O2.2ClH.Zr/c1-33-31-49-45(41-19-15-37(16-20-41)39-23-27-43(53-5)28-24-39)11-7-9-13-47(49)51(33)35(3)36(4)52-34(2)32-50-46(12-8-10-14-48(50)52)42-21-17-38(18-22-42)40-25-29-44(54-6)30-26-40;;;/h7-32,35-36,45-46H,1-6H3;2*1H;/q;;;+2/p-2. The second-order valence-corrected chi connectivity index (χ2v) is 30.9. The molecule has 4 aromatic rings. The molecule has 0 bridgehead atoms. The van der Waals surface area contributed by atoms with Crippen LogP contribution in [-0.2, 0) is 17.9 Å². The summed E-state index contributed by atoms with van der Waals surface area (Å²) >= 11 is -4.47. The van der Waals surface area contributed by atoms with Crippen LogP contribution in [0.15, 0.2) is 191 Å². The van der Waals surface area contributed by atoms with Crippen molar-refractivity contribution in [2.24, 2.45) is 11.8 Å². The molecule has 0 radical (unpaired) electrons. The normalized spacial score (nSPS) is 28.1. The molecule has 6 atom stereocenters. The van der Waals surface area contributed by atoms with Crippen molar-refractivity contribution in [3.05, 3.63) is 202 Å².